The van der Waals surface area contributed by atoms with Gasteiger partial charge in [-0.25, -0.2) is 9.50 Å². The number of hydrogen-bond acceptors (Lipinski definition) is 5. The number of nitrogens with zero attached hydrogens (tertiary/aromatic N) is 5. The molecular weight excluding hydrogens is 488 g/mol. The fraction of sp³-hybridized carbons (Fsp3) is 0.367. The molecule has 38 heavy (non-hydrogen) atoms. The van der Waals surface area contributed by atoms with Crippen LogP contribution >= 0.6 is 0 Å². The van der Waals surface area contributed by atoms with Crippen molar-refractivity contribution in [2.75, 3.05) is 12.3 Å². The number of nitrogen functional groups attached to an aromatic ring is 1. The first-order valence-electron chi connectivity index (χ1n) is 13.4. The van der Waals surface area contributed by atoms with E-state index in [-0.39, 0.29) is 5.04 Å². The number of aryl methyl sites for hydroxylation is 1. The van der Waals surface area contributed by atoms with Crippen molar-refractivity contribution >= 4 is 30.6 Å². The summed E-state index contributed by atoms with van der Waals surface area (Å²) in [6, 6.07) is 19.0. The van der Waals surface area contributed by atoms with Crippen LogP contribution in [0.1, 0.15) is 44.9 Å². The standard InChI is InChI=1S/C30H38N6OSi/c1-30(2,3)38(4,5)37-16-10-9-13-25-18-26(28-29(31)32-21-33-36(25)28)23-14-15-24-20-35(34-27(24)17-23)19-22-11-7-6-8-12-22/h6-8,11-12,14-15,17-18,20-21H,9-10,13,16,19H2,1-5H3,(H2,31,32,33). The second kappa shape index (κ2) is 10.3. The number of aromatic nitrogens is 5. The fourth-order valence-corrected chi connectivity index (χ4v) is 5.66. The first kappa shape index (κ1) is 26.1. The molecule has 0 atom stereocenters. The highest BCUT2D eigenvalue weighted by atomic mass is 28.4. The lowest BCUT2D eigenvalue weighted by molar-refractivity contribution is 0.279. The van der Waals surface area contributed by atoms with Gasteiger partial charge in [0.25, 0.3) is 0 Å². The Balaban J connectivity index is 1.36. The Kier molecular flexibility index (Phi) is 7.11. The molecule has 0 aliphatic carbocycles. The second-order valence-electron chi connectivity index (χ2n) is 11.6. The molecule has 2 aromatic carbocycles. The Morgan fingerprint density at radius 3 is 2.55 bits per heavy atom. The van der Waals surface area contributed by atoms with Gasteiger partial charge >= 0.3 is 0 Å². The molecular formula is C30H38N6OSi. The molecule has 0 radical (unpaired) electrons. The second-order valence-corrected chi connectivity index (χ2v) is 16.4. The Labute approximate surface area is 225 Å². The van der Waals surface area contributed by atoms with Crippen molar-refractivity contribution in [1.82, 2.24) is 24.4 Å². The van der Waals surface area contributed by atoms with Crippen LogP contribution in [0, 0.1) is 0 Å². The Bertz CT molecular complexity index is 1550. The molecule has 198 valence electrons. The molecule has 0 aliphatic rings. The van der Waals surface area contributed by atoms with Crippen molar-refractivity contribution in [3.8, 4) is 11.1 Å². The summed E-state index contributed by atoms with van der Waals surface area (Å²) >= 11 is 0. The molecule has 3 heterocycles. The minimum atomic E-state index is -1.72. The molecule has 3 aromatic heterocycles. The van der Waals surface area contributed by atoms with Crippen LogP contribution in [0.2, 0.25) is 18.1 Å². The maximum absolute atomic E-state index is 6.37. The first-order valence-corrected chi connectivity index (χ1v) is 16.3. The van der Waals surface area contributed by atoms with Crippen LogP contribution in [0.3, 0.4) is 0 Å². The van der Waals surface area contributed by atoms with Crippen LogP contribution in [0.15, 0.2) is 67.1 Å². The van der Waals surface area contributed by atoms with E-state index in [2.05, 4.69) is 98.7 Å². The van der Waals surface area contributed by atoms with Crippen molar-refractivity contribution in [3.05, 3.63) is 78.4 Å². The third-order valence-corrected chi connectivity index (χ3v) is 12.3. The van der Waals surface area contributed by atoms with Gasteiger partial charge in [-0.3, -0.25) is 4.68 Å². The van der Waals surface area contributed by atoms with Crippen molar-refractivity contribution < 1.29 is 4.43 Å². The van der Waals surface area contributed by atoms with E-state index in [0.717, 1.165) is 65.7 Å². The molecule has 7 nitrogen and oxygen atoms in total. The van der Waals surface area contributed by atoms with Crippen LogP contribution in [-0.2, 0) is 17.4 Å². The van der Waals surface area contributed by atoms with Gasteiger partial charge in [-0.05, 0) is 60.7 Å². The van der Waals surface area contributed by atoms with Gasteiger partial charge in [-0.2, -0.15) is 10.2 Å². The van der Waals surface area contributed by atoms with E-state index in [1.165, 1.54) is 11.9 Å². The molecule has 2 N–H and O–H groups in total. The van der Waals surface area contributed by atoms with E-state index in [1.807, 2.05) is 15.3 Å². The lowest BCUT2D eigenvalue weighted by Gasteiger charge is -2.36. The topological polar surface area (TPSA) is 83.3 Å². The molecule has 5 aromatic rings. The van der Waals surface area contributed by atoms with Crippen LogP contribution in [0.4, 0.5) is 5.82 Å². The van der Waals surface area contributed by atoms with E-state index >= 15 is 0 Å². The minimum absolute atomic E-state index is 0.229. The molecule has 0 fully saturated rings. The summed E-state index contributed by atoms with van der Waals surface area (Å²) in [6.07, 6.45) is 6.56. The number of benzene rings is 2. The summed E-state index contributed by atoms with van der Waals surface area (Å²) in [5.41, 5.74) is 12.6. The fourth-order valence-electron chi connectivity index (χ4n) is 4.57. The highest BCUT2D eigenvalue weighted by molar-refractivity contribution is 6.74. The number of nitrogens with two attached hydrogens (primary N) is 1. The zero-order chi connectivity index (χ0) is 26.9. The number of anilines is 1. The van der Waals surface area contributed by atoms with Crippen LogP contribution < -0.4 is 5.73 Å². The summed E-state index contributed by atoms with van der Waals surface area (Å²) in [5, 5.41) is 10.7. The number of hydrogen-bond donors (Lipinski definition) is 1. The zero-order valence-electron chi connectivity index (χ0n) is 23.1. The minimum Gasteiger partial charge on any atom is -0.417 e. The van der Waals surface area contributed by atoms with Gasteiger partial charge in [0.2, 0.25) is 0 Å². The SMILES string of the molecule is CC(C)(C)[Si](C)(C)OCCCCc1cc(-c2ccc3cn(Cc4ccccc4)nc3c2)c2c(N)ncnn12. The van der Waals surface area contributed by atoms with E-state index < -0.39 is 8.32 Å². The molecule has 0 bridgehead atoms. The van der Waals surface area contributed by atoms with Gasteiger partial charge < -0.3 is 10.2 Å². The van der Waals surface area contributed by atoms with Crippen molar-refractivity contribution in [2.45, 2.75) is 64.7 Å². The van der Waals surface area contributed by atoms with E-state index in [1.54, 1.807) is 0 Å². The monoisotopic (exact) mass is 526 g/mol. The van der Waals surface area contributed by atoms with Gasteiger partial charge in [-0.15, -0.1) is 0 Å². The molecule has 8 heteroatoms. The summed E-state index contributed by atoms with van der Waals surface area (Å²) in [6.45, 7) is 13.0. The van der Waals surface area contributed by atoms with Gasteiger partial charge in [-0.1, -0.05) is 63.2 Å². The molecule has 0 aliphatic heterocycles. The highest BCUT2D eigenvalue weighted by Crippen LogP contribution is 2.37. The highest BCUT2D eigenvalue weighted by Gasteiger charge is 2.36. The van der Waals surface area contributed by atoms with Gasteiger partial charge in [0.05, 0.1) is 12.1 Å². The number of rotatable bonds is 9. The largest absolute Gasteiger partial charge is 0.417 e. The molecule has 0 amide bonds. The Morgan fingerprint density at radius 1 is 1.00 bits per heavy atom. The molecule has 0 spiro atoms. The first-order chi connectivity index (χ1) is 18.1. The van der Waals surface area contributed by atoms with Crippen molar-refractivity contribution in [1.29, 1.82) is 0 Å². The van der Waals surface area contributed by atoms with E-state index in [4.69, 9.17) is 15.3 Å². The normalized spacial score (nSPS) is 12.6. The van der Waals surface area contributed by atoms with Gasteiger partial charge in [0.1, 0.15) is 11.8 Å². The van der Waals surface area contributed by atoms with E-state index in [9.17, 15) is 0 Å². The zero-order valence-corrected chi connectivity index (χ0v) is 24.1. The van der Waals surface area contributed by atoms with Crippen LogP contribution in [0.5, 0.6) is 0 Å². The quantitative estimate of drug-likeness (QED) is 0.170. The number of fused-ring (bicyclic) bond motifs is 2. The third-order valence-electron chi connectivity index (χ3n) is 7.81. The van der Waals surface area contributed by atoms with Crippen molar-refractivity contribution in [3.63, 3.8) is 0 Å². The lowest BCUT2D eigenvalue weighted by atomic mass is 10.0. The summed E-state index contributed by atoms with van der Waals surface area (Å²) < 4.78 is 10.3. The Morgan fingerprint density at radius 2 is 1.79 bits per heavy atom. The molecule has 0 saturated heterocycles. The number of unbranched alkanes of at least 4 members (excludes halogenated alkanes) is 1. The average molecular weight is 527 g/mol. The average Bonchev–Trinajstić information content (AvgIpc) is 3.45. The summed E-state index contributed by atoms with van der Waals surface area (Å²) in [7, 11) is -1.72. The molecule has 0 saturated carbocycles. The third kappa shape index (κ3) is 5.37. The van der Waals surface area contributed by atoms with Crippen molar-refractivity contribution in [2.24, 2.45) is 0 Å². The molecule has 5 rings (SSSR count). The predicted molar refractivity (Wildman–Crippen MR) is 158 cm³/mol. The van der Waals surface area contributed by atoms with Crippen LogP contribution in [0.25, 0.3) is 27.5 Å². The lowest BCUT2D eigenvalue weighted by Crippen LogP contribution is -2.40. The Hall–Kier alpha value is -3.49. The smallest absolute Gasteiger partial charge is 0.191 e. The van der Waals surface area contributed by atoms with Gasteiger partial charge in [0.15, 0.2) is 14.1 Å². The maximum Gasteiger partial charge on any atom is 0.191 e. The molecule has 0 unspecified atom stereocenters. The summed E-state index contributed by atoms with van der Waals surface area (Å²) in [5.74, 6) is 0.484. The van der Waals surface area contributed by atoms with E-state index in [0.29, 0.717) is 5.82 Å². The van der Waals surface area contributed by atoms with Crippen LogP contribution in [-0.4, -0.2) is 39.3 Å². The maximum atomic E-state index is 6.37. The van der Waals surface area contributed by atoms with Gasteiger partial charge in [0, 0.05) is 29.4 Å². The predicted octanol–water partition coefficient (Wildman–Crippen LogP) is 6.72. The summed E-state index contributed by atoms with van der Waals surface area (Å²) in [4.78, 5) is 4.29.